The molecule has 2 unspecified atom stereocenters. The van der Waals surface area contributed by atoms with Crippen LogP contribution in [-0.2, 0) is 70.6 Å². The summed E-state index contributed by atoms with van der Waals surface area (Å²) in [6.45, 7) is 1.79. The van der Waals surface area contributed by atoms with Gasteiger partial charge < -0.3 is 67.4 Å². The summed E-state index contributed by atoms with van der Waals surface area (Å²) in [6, 6.07) is 2.87. The van der Waals surface area contributed by atoms with E-state index in [1.54, 1.807) is 47.2 Å². The van der Waals surface area contributed by atoms with Crippen LogP contribution in [0.2, 0.25) is 0 Å². The Labute approximate surface area is 521 Å². The van der Waals surface area contributed by atoms with Crippen LogP contribution >= 0.6 is 0 Å². The fraction of sp³-hybridized carbons (Fsp3) is 0.649. The molecule has 0 bridgehead atoms. The van der Waals surface area contributed by atoms with Crippen LogP contribution in [-0.4, -0.2) is 327 Å². The van der Waals surface area contributed by atoms with E-state index < -0.39 is 123 Å². The summed E-state index contributed by atoms with van der Waals surface area (Å²) < 4.78 is 0. The van der Waals surface area contributed by atoms with Crippen molar-refractivity contribution < 1.29 is 98.4 Å². The van der Waals surface area contributed by atoms with E-state index in [9.17, 15) is 98.4 Å². The van der Waals surface area contributed by atoms with Gasteiger partial charge in [-0.05, 0) is 36.3 Å². The van der Waals surface area contributed by atoms with E-state index in [1.165, 1.54) is 29.4 Å². The van der Waals surface area contributed by atoms with Gasteiger partial charge in [0.2, 0.25) is 17.7 Å². The number of allylic oxidation sites excluding steroid dienone is 1. The Kier molecular flexibility index (Phi) is 34.5. The van der Waals surface area contributed by atoms with E-state index in [2.05, 4.69) is 26.6 Å². The average molecular weight is 1280 g/mol. The highest BCUT2D eigenvalue weighted by atomic mass is 16.4. The zero-order chi connectivity index (χ0) is 66.9. The molecule has 33 heteroatoms. The third kappa shape index (κ3) is 31.5. The number of hydrogen-bond acceptors (Lipinski definition) is 21. The van der Waals surface area contributed by atoms with Gasteiger partial charge in [0.05, 0.1) is 45.0 Å². The summed E-state index contributed by atoms with van der Waals surface area (Å²) >= 11 is 0. The number of benzene rings is 1. The number of nitrogens with zero attached hydrogens (tertiary/aromatic N) is 8. The molecule has 3 atom stereocenters. The molecule has 0 saturated carbocycles. The lowest BCUT2D eigenvalue weighted by Crippen LogP contribution is -2.52. The van der Waals surface area contributed by atoms with Gasteiger partial charge in [0.15, 0.2) is 0 Å². The molecule has 1 aromatic rings. The molecule has 2 heterocycles. The van der Waals surface area contributed by atoms with Crippen LogP contribution in [0, 0.1) is 5.92 Å². The van der Waals surface area contributed by atoms with Gasteiger partial charge in [-0.1, -0.05) is 44.2 Å². The Morgan fingerprint density at radius 1 is 0.433 bits per heavy atom. The number of hydrogen-bond donors (Lipinski definition) is 13. The Morgan fingerprint density at radius 2 is 0.744 bits per heavy atom. The van der Waals surface area contributed by atoms with Gasteiger partial charge in [-0.3, -0.25) is 96.7 Å². The minimum Gasteiger partial charge on any atom is -0.480 e. The van der Waals surface area contributed by atoms with Crippen molar-refractivity contribution in [3.05, 3.63) is 47.2 Å². The van der Waals surface area contributed by atoms with Crippen LogP contribution in [0.4, 0.5) is 0 Å². The molecular weight excluding hydrogens is 1190 g/mol. The maximum absolute atomic E-state index is 14.0. The van der Waals surface area contributed by atoms with Crippen molar-refractivity contribution in [2.24, 2.45) is 5.92 Å². The number of amides is 4. The van der Waals surface area contributed by atoms with E-state index in [1.807, 2.05) is 13.8 Å². The van der Waals surface area contributed by atoms with E-state index >= 15 is 0 Å². The standard InChI is InChI=1S/C57H91N13O20/c1-39(2)30-43(58-3)55(86)61-32-41-6-4-40(5-7-41)31-60-54(85)42(62-47(72)11-9-45(57(89)90)70-28-24-67(37-52(81)82)20-16-64(34-49(75)76)17-21-68(25-29-70)38-53(83)84)12-13-59-46(71)10-8-44(56(87)88)69-26-22-65(35-50(77)78)18-14-63(33-48(73)74)15-19-66(23-27-69)36-51(79)80/h4-7,30,39,42,44-45,58H,8-29,31-38H2,1-3H3,(H,59,71)(H,60,85)(H,61,86)(H,62,72)(H,73,74)(H,75,76)(H,77,78)(H,79,80)(H,81,82)(H,83,84)(H,87,88)(H,89,90)/b43-30+/t42-,44?,45?/m0/s1. The smallest absolute Gasteiger partial charge is 0.320 e. The van der Waals surface area contributed by atoms with Crippen LogP contribution < -0.4 is 26.6 Å². The summed E-state index contributed by atoms with van der Waals surface area (Å²) in [7, 11) is 1.64. The zero-order valence-electron chi connectivity index (χ0n) is 51.5. The third-order valence-corrected chi connectivity index (χ3v) is 15.0. The summed E-state index contributed by atoms with van der Waals surface area (Å²) in [5.41, 5.74) is 1.78. The Balaban J connectivity index is 1.84. The van der Waals surface area contributed by atoms with Gasteiger partial charge in [0.25, 0.3) is 5.91 Å². The number of nitrogens with one attached hydrogen (secondary N) is 5. The second-order valence-electron chi connectivity index (χ2n) is 22.4. The van der Waals surface area contributed by atoms with Crippen LogP contribution in [0.1, 0.15) is 57.1 Å². The van der Waals surface area contributed by atoms with Gasteiger partial charge in [-0.25, -0.2) is 0 Å². The van der Waals surface area contributed by atoms with Crippen LogP contribution in [0.3, 0.4) is 0 Å². The number of carboxylic acid groups (broad SMARTS) is 8. The van der Waals surface area contributed by atoms with E-state index in [4.69, 9.17) is 0 Å². The van der Waals surface area contributed by atoms with Crippen LogP contribution in [0.15, 0.2) is 36.0 Å². The van der Waals surface area contributed by atoms with Gasteiger partial charge in [0.1, 0.15) is 18.1 Å². The minimum atomic E-state index is -1.38. The molecule has 1 aromatic carbocycles. The molecule has 0 radical (unpaired) electrons. The Hall–Kier alpha value is -7.92. The predicted molar refractivity (Wildman–Crippen MR) is 321 cm³/mol. The average Bonchev–Trinajstić information content (AvgIpc) is 2.11. The number of rotatable bonds is 34. The van der Waals surface area contributed by atoms with Crippen molar-refractivity contribution in [2.75, 3.05) is 158 Å². The SMILES string of the molecule is CN/C(=C/C(C)C)C(=O)NCc1ccc(CNC(=O)[C@H](CCNC(=O)CCC(C(=O)O)N2CCN(CC(=O)O)CCN(CC(=O)O)CCN(CC(=O)O)CC2)NC(=O)CCC(C(=O)O)N2CCN(CC(=O)O)CCN(CC(=O)O)CCN(CC(=O)O)CC2)cc1. The zero-order valence-corrected chi connectivity index (χ0v) is 51.5. The molecule has 2 aliphatic heterocycles. The number of carbonyl (C=O) groups excluding carboxylic acids is 4. The van der Waals surface area contributed by atoms with Crippen molar-refractivity contribution in [3.8, 4) is 0 Å². The second kappa shape index (κ2) is 40.7. The quantitative estimate of drug-likeness (QED) is 0.0293. The predicted octanol–water partition coefficient (Wildman–Crippen LogP) is -3.91. The molecule has 0 spiro atoms. The molecular formula is C57H91N13O20. The molecule has 33 nitrogen and oxygen atoms in total. The van der Waals surface area contributed by atoms with E-state index in [0.717, 1.165) is 5.56 Å². The molecule has 2 saturated heterocycles. The molecule has 13 N–H and O–H groups in total. The highest BCUT2D eigenvalue weighted by molar-refractivity contribution is 5.92. The Bertz CT molecular complexity index is 2530. The minimum absolute atomic E-state index is 0.00328. The molecule has 3 rings (SSSR count). The second-order valence-corrected chi connectivity index (χ2v) is 22.4. The maximum Gasteiger partial charge on any atom is 0.320 e. The highest BCUT2D eigenvalue weighted by Gasteiger charge is 2.32. The summed E-state index contributed by atoms with van der Waals surface area (Å²) in [4.78, 5) is 163. The first-order valence-corrected chi connectivity index (χ1v) is 29.8. The van der Waals surface area contributed by atoms with Crippen molar-refractivity contribution in [1.29, 1.82) is 0 Å². The van der Waals surface area contributed by atoms with Crippen molar-refractivity contribution in [2.45, 2.75) is 77.2 Å². The number of aliphatic carboxylic acids is 8. The van der Waals surface area contributed by atoms with Gasteiger partial charge >= 0.3 is 47.8 Å². The topological polar surface area (TPSA) is 453 Å². The van der Waals surface area contributed by atoms with Crippen LogP contribution in [0.5, 0.6) is 0 Å². The molecule has 90 heavy (non-hydrogen) atoms. The Morgan fingerprint density at radius 3 is 1.04 bits per heavy atom. The third-order valence-electron chi connectivity index (χ3n) is 15.0. The van der Waals surface area contributed by atoms with Gasteiger partial charge in [-0.15, -0.1) is 0 Å². The normalized spacial score (nSPS) is 17.8. The summed E-state index contributed by atoms with van der Waals surface area (Å²) in [5.74, 6) is -12.0. The largest absolute Gasteiger partial charge is 0.480 e. The molecule has 2 aliphatic rings. The van der Waals surface area contributed by atoms with E-state index in [-0.39, 0.29) is 168 Å². The van der Waals surface area contributed by atoms with Crippen molar-refractivity contribution >= 4 is 71.4 Å². The molecule has 0 aliphatic carbocycles. The first-order valence-electron chi connectivity index (χ1n) is 29.8. The molecule has 2 fully saturated rings. The van der Waals surface area contributed by atoms with Gasteiger partial charge in [-0.2, -0.15) is 0 Å². The first kappa shape index (κ1) is 76.3. The fourth-order valence-electron chi connectivity index (χ4n) is 10.2. The van der Waals surface area contributed by atoms with Crippen molar-refractivity contribution in [3.63, 3.8) is 0 Å². The maximum atomic E-state index is 14.0. The molecule has 504 valence electrons. The lowest BCUT2D eigenvalue weighted by molar-refractivity contribution is -0.145. The number of carbonyl (C=O) groups is 12. The van der Waals surface area contributed by atoms with Crippen molar-refractivity contribution in [1.82, 2.24) is 65.8 Å². The monoisotopic (exact) mass is 1280 g/mol. The fourth-order valence-corrected chi connectivity index (χ4v) is 10.2. The molecule has 0 aromatic heterocycles. The molecule has 4 amide bonds. The van der Waals surface area contributed by atoms with Gasteiger partial charge in [0, 0.05) is 144 Å². The highest BCUT2D eigenvalue weighted by Crippen LogP contribution is 2.14. The van der Waals surface area contributed by atoms with E-state index in [0.29, 0.717) is 11.3 Å². The number of carboxylic acids is 8. The van der Waals surface area contributed by atoms with Crippen LogP contribution in [0.25, 0.3) is 0 Å². The summed E-state index contributed by atoms with van der Waals surface area (Å²) in [6.07, 6.45) is 0.110. The lowest BCUT2D eigenvalue weighted by atomic mass is 10.1. The number of likely N-dealkylation sites (N-methyl/N-ethyl adjacent to an activating group) is 1. The first-order chi connectivity index (χ1) is 42.6. The summed E-state index contributed by atoms with van der Waals surface area (Å²) in [5, 5.41) is 92.6. The lowest BCUT2D eigenvalue weighted by Gasteiger charge is -2.35.